The Kier molecular flexibility index (Phi) is 2.35. The number of halogens is 1. The van der Waals surface area contributed by atoms with Gasteiger partial charge >= 0.3 is 0 Å². The first-order chi connectivity index (χ1) is 7.56. The Morgan fingerprint density at radius 3 is 2.94 bits per heavy atom. The van der Waals surface area contributed by atoms with Crippen LogP contribution in [0.5, 0.6) is 0 Å². The highest BCUT2D eigenvalue weighted by atomic mass is 19.1. The first-order valence-corrected chi connectivity index (χ1v) is 4.86. The lowest BCUT2D eigenvalue weighted by Gasteiger charge is -2.43. The third-order valence-corrected chi connectivity index (χ3v) is 2.64. The van der Waals surface area contributed by atoms with Gasteiger partial charge in [-0.1, -0.05) is 0 Å². The standard InChI is InChI=1S/C11H10FN3O/c1-11(5-13)6-15(7-11)10(16)8-2-3-14-4-9(8)12/h2-4H,6-7H2,1H3. The average Bonchev–Trinajstić information content (AvgIpc) is 2.24. The Bertz CT molecular complexity index is 474. The quantitative estimate of drug-likeness (QED) is 0.713. The Hall–Kier alpha value is -1.96. The summed E-state index contributed by atoms with van der Waals surface area (Å²) >= 11 is 0. The molecule has 0 radical (unpaired) electrons. The SMILES string of the molecule is CC1(C#N)CN(C(=O)c2ccncc2F)C1. The molecule has 1 amide bonds. The minimum atomic E-state index is -0.627. The molecule has 0 bridgehead atoms. The van der Waals surface area contributed by atoms with Crippen LogP contribution in [-0.4, -0.2) is 28.9 Å². The summed E-state index contributed by atoms with van der Waals surface area (Å²) in [6, 6.07) is 3.48. The van der Waals surface area contributed by atoms with E-state index in [9.17, 15) is 9.18 Å². The van der Waals surface area contributed by atoms with Gasteiger partial charge in [0.25, 0.3) is 5.91 Å². The second-order valence-electron chi connectivity index (χ2n) is 4.19. The zero-order valence-corrected chi connectivity index (χ0v) is 8.77. The first kappa shape index (κ1) is 10.6. The molecule has 16 heavy (non-hydrogen) atoms. The monoisotopic (exact) mass is 219 g/mol. The molecule has 1 aliphatic rings. The fourth-order valence-corrected chi connectivity index (χ4v) is 1.73. The minimum Gasteiger partial charge on any atom is -0.335 e. The van der Waals surface area contributed by atoms with E-state index in [1.54, 1.807) is 6.92 Å². The number of nitrogens with zero attached hydrogens (tertiary/aromatic N) is 3. The number of rotatable bonds is 1. The molecule has 2 heterocycles. The first-order valence-electron chi connectivity index (χ1n) is 4.86. The Balaban J connectivity index is 2.13. The van der Waals surface area contributed by atoms with Crippen LogP contribution in [0.15, 0.2) is 18.5 Å². The molecule has 1 aromatic heterocycles. The predicted octanol–water partition coefficient (Wildman–Crippen LogP) is 1.21. The van der Waals surface area contributed by atoms with E-state index < -0.39 is 11.2 Å². The molecule has 1 aromatic rings. The number of likely N-dealkylation sites (tertiary alicyclic amines) is 1. The number of pyridine rings is 1. The topological polar surface area (TPSA) is 57.0 Å². The van der Waals surface area contributed by atoms with E-state index in [2.05, 4.69) is 11.1 Å². The van der Waals surface area contributed by atoms with Crippen molar-refractivity contribution in [1.29, 1.82) is 5.26 Å². The van der Waals surface area contributed by atoms with Gasteiger partial charge in [0.05, 0.1) is 23.2 Å². The lowest BCUT2D eigenvalue weighted by Crippen LogP contribution is -2.56. The van der Waals surface area contributed by atoms with Crippen LogP contribution in [0.3, 0.4) is 0 Å². The van der Waals surface area contributed by atoms with Crippen molar-refractivity contribution in [2.45, 2.75) is 6.92 Å². The van der Waals surface area contributed by atoms with E-state index in [0.717, 1.165) is 6.20 Å². The van der Waals surface area contributed by atoms with Gasteiger partial charge in [-0.3, -0.25) is 9.78 Å². The third kappa shape index (κ3) is 1.63. The minimum absolute atomic E-state index is 0.00925. The zero-order chi connectivity index (χ0) is 11.8. The lowest BCUT2D eigenvalue weighted by atomic mass is 9.83. The highest BCUT2D eigenvalue weighted by molar-refractivity contribution is 5.95. The Morgan fingerprint density at radius 1 is 1.69 bits per heavy atom. The summed E-state index contributed by atoms with van der Waals surface area (Å²) in [4.78, 5) is 16.8. The molecule has 1 aliphatic heterocycles. The molecular weight excluding hydrogens is 209 g/mol. The van der Waals surface area contributed by atoms with Crippen molar-refractivity contribution in [1.82, 2.24) is 9.88 Å². The normalized spacial score (nSPS) is 17.4. The van der Waals surface area contributed by atoms with Crippen molar-refractivity contribution in [3.63, 3.8) is 0 Å². The molecular formula is C11H10FN3O. The second-order valence-corrected chi connectivity index (χ2v) is 4.19. The van der Waals surface area contributed by atoms with Crippen molar-refractivity contribution in [3.05, 3.63) is 29.8 Å². The van der Waals surface area contributed by atoms with E-state index in [1.165, 1.54) is 17.2 Å². The summed E-state index contributed by atoms with van der Waals surface area (Å²) in [5, 5.41) is 8.80. The van der Waals surface area contributed by atoms with Gasteiger partial charge in [-0.15, -0.1) is 0 Å². The van der Waals surface area contributed by atoms with Crippen LogP contribution >= 0.6 is 0 Å². The number of nitriles is 1. The van der Waals surface area contributed by atoms with Crippen LogP contribution in [0.2, 0.25) is 0 Å². The molecule has 0 atom stereocenters. The van der Waals surface area contributed by atoms with E-state index in [1.807, 2.05) is 0 Å². The summed E-state index contributed by atoms with van der Waals surface area (Å²) in [5.41, 5.74) is -0.478. The van der Waals surface area contributed by atoms with Crippen LogP contribution in [0.25, 0.3) is 0 Å². The maximum Gasteiger partial charge on any atom is 0.257 e. The summed E-state index contributed by atoms with van der Waals surface area (Å²) in [6.45, 7) is 2.48. The number of aromatic nitrogens is 1. The molecule has 0 unspecified atom stereocenters. The molecule has 1 saturated heterocycles. The smallest absolute Gasteiger partial charge is 0.257 e. The number of carbonyl (C=O) groups is 1. The molecule has 0 aromatic carbocycles. The fraction of sp³-hybridized carbons (Fsp3) is 0.364. The van der Waals surface area contributed by atoms with E-state index in [0.29, 0.717) is 13.1 Å². The van der Waals surface area contributed by atoms with Crippen molar-refractivity contribution in [2.24, 2.45) is 5.41 Å². The number of amides is 1. The molecule has 0 saturated carbocycles. The van der Waals surface area contributed by atoms with Crippen molar-refractivity contribution in [3.8, 4) is 6.07 Å². The van der Waals surface area contributed by atoms with Crippen LogP contribution in [-0.2, 0) is 0 Å². The summed E-state index contributed by atoms with van der Waals surface area (Å²) in [5.74, 6) is -1.01. The van der Waals surface area contributed by atoms with Crippen LogP contribution in [0.1, 0.15) is 17.3 Å². The van der Waals surface area contributed by atoms with Crippen LogP contribution in [0, 0.1) is 22.6 Å². The zero-order valence-electron chi connectivity index (χ0n) is 8.77. The van der Waals surface area contributed by atoms with Gasteiger partial charge in [0.2, 0.25) is 0 Å². The van der Waals surface area contributed by atoms with Gasteiger partial charge in [-0.2, -0.15) is 5.26 Å². The van der Waals surface area contributed by atoms with Gasteiger partial charge in [0.1, 0.15) is 0 Å². The van der Waals surface area contributed by atoms with E-state index in [4.69, 9.17) is 5.26 Å². The van der Waals surface area contributed by atoms with Gasteiger partial charge in [-0.25, -0.2) is 4.39 Å². The maximum atomic E-state index is 13.3. The van der Waals surface area contributed by atoms with Crippen molar-refractivity contribution in [2.75, 3.05) is 13.1 Å². The van der Waals surface area contributed by atoms with E-state index in [-0.39, 0.29) is 11.5 Å². The largest absolute Gasteiger partial charge is 0.335 e. The molecule has 2 rings (SSSR count). The van der Waals surface area contributed by atoms with Gasteiger partial charge < -0.3 is 4.90 Å². The molecule has 0 spiro atoms. The Labute approximate surface area is 92.3 Å². The van der Waals surface area contributed by atoms with Crippen LogP contribution < -0.4 is 0 Å². The van der Waals surface area contributed by atoms with Crippen LogP contribution in [0.4, 0.5) is 4.39 Å². The second kappa shape index (κ2) is 3.56. The van der Waals surface area contributed by atoms with Crippen molar-refractivity contribution >= 4 is 5.91 Å². The molecule has 4 nitrogen and oxygen atoms in total. The summed E-state index contributed by atoms with van der Waals surface area (Å²) in [6.07, 6.45) is 2.39. The van der Waals surface area contributed by atoms with Gasteiger partial charge in [0.15, 0.2) is 5.82 Å². The Morgan fingerprint density at radius 2 is 2.38 bits per heavy atom. The molecule has 5 heteroatoms. The highest BCUT2D eigenvalue weighted by Crippen LogP contribution is 2.30. The number of hydrogen-bond donors (Lipinski definition) is 0. The molecule has 1 fully saturated rings. The average molecular weight is 219 g/mol. The molecule has 0 N–H and O–H groups in total. The fourth-order valence-electron chi connectivity index (χ4n) is 1.73. The van der Waals surface area contributed by atoms with Crippen molar-refractivity contribution < 1.29 is 9.18 Å². The van der Waals surface area contributed by atoms with E-state index >= 15 is 0 Å². The maximum absolute atomic E-state index is 13.3. The van der Waals surface area contributed by atoms with Gasteiger partial charge in [-0.05, 0) is 13.0 Å². The lowest BCUT2D eigenvalue weighted by molar-refractivity contribution is 0.0364. The third-order valence-electron chi connectivity index (χ3n) is 2.64. The summed E-state index contributed by atoms with van der Waals surface area (Å²) < 4.78 is 13.3. The molecule has 82 valence electrons. The summed E-state index contributed by atoms with van der Waals surface area (Å²) in [7, 11) is 0. The number of hydrogen-bond acceptors (Lipinski definition) is 3. The molecule has 0 aliphatic carbocycles. The van der Waals surface area contributed by atoms with Gasteiger partial charge in [0, 0.05) is 19.3 Å². The highest BCUT2D eigenvalue weighted by Gasteiger charge is 2.42. The predicted molar refractivity (Wildman–Crippen MR) is 53.8 cm³/mol. The number of carbonyl (C=O) groups excluding carboxylic acids is 1.